The molecule has 8 aromatic rings. The van der Waals surface area contributed by atoms with E-state index < -0.39 is 11.4 Å². The monoisotopic (exact) mass is 1610 g/mol. The maximum Gasteiger partial charge on any atom is 2.00 e. The van der Waals surface area contributed by atoms with Gasteiger partial charge in [0, 0.05) is 99.0 Å². The molecule has 1 aliphatic heterocycles. The Morgan fingerprint density at radius 1 is 0.448 bits per heavy atom. The quantitative estimate of drug-likeness (QED) is 0.0434. The zero-order valence-corrected chi connectivity index (χ0v) is 69.2. The number of rotatable bonds is 19. The SMILES string of the molecule is C.CC(C)Cc1ccc(-c2cc(C(C)(C)C)n[n-]2)nc1.CC(C)Cc1ccc(-c2cc(C(C)(C)C)n[n-]2)nc1.CC(C)Cc1ccc(C(=O)O)nc1.CC(C)Cc1ccc(C(O)=CC(=O)C(C)(C)C)nc1.CC(C)Cc1ccc(C2=CC(C(C)(C)C)=NC2)nc1.COC(=O)c1ccc(CC(C)C)cn1.[Pt+2]. The first-order chi connectivity index (χ1) is 48.0. The largest absolute Gasteiger partial charge is 2.00 e. The molecule has 1 aliphatic rings. The summed E-state index contributed by atoms with van der Waals surface area (Å²) in [4.78, 5) is 63.6. The van der Waals surface area contributed by atoms with Gasteiger partial charge in [0.05, 0.1) is 19.3 Å². The normalized spacial score (nSPS) is 12.2. The average molecular weight is 1610 g/mol. The molecule has 17 nitrogen and oxygen atoms in total. The molecule has 105 heavy (non-hydrogen) atoms. The number of carboxylic acids is 1. The summed E-state index contributed by atoms with van der Waals surface area (Å²) in [5.41, 5.74) is 16.8. The number of ketones is 1. The minimum absolute atomic E-state index is 0. The van der Waals surface area contributed by atoms with Crippen LogP contribution in [0.25, 0.3) is 34.1 Å². The van der Waals surface area contributed by atoms with Crippen LogP contribution in [0.2, 0.25) is 0 Å². The molecule has 0 fully saturated rings. The minimum atomic E-state index is -0.976. The minimum Gasteiger partial charge on any atom is -0.573 e. The van der Waals surface area contributed by atoms with Crippen LogP contribution in [0.3, 0.4) is 0 Å². The molecule has 0 atom stereocenters. The van der Waals surface area contributed by atoms with E-state index in [0.717, 1.165) is 102 Å². The first kappa shape index (κ1) is 92.6. The van der Waals surface area contributed by atoms with Gasteiger partial charge in [-0.05, 0) is 150 Å². The Kier molecular flexibility index (Phi) is 38.2. The summed E-state index contributed by atoms with van der Waals surface area (Å²) in [7, 11) is 1.35. The molecule has 0 aromatic carbocycles. The molecule has 0 amide bonds. The van der Waals surface area contributed by atoms with Crippen LogP contribution in [0.1, 0.15) is 251 Å². The smallest absolute Gasteiger partial charge is 0.573 e. The fourth-order valence-corrected chi connectivity index (χ4v) is 10.1. The second-order valence-electron chi connectivity index (χ2n) is 33.2. The fourth-order valence-electron chi connectivity index (χ4n) is 10.1. The number of aliphatic hydroxyl groups is 1. The summed E-state index contributed by atoms with van der Waals surface area (Å²) in [6, 6.07) is 27.4. The number of aromatic carboxylic acids is 1. The maximum atomic E-state index is 11.8. The van der Waals surface area contributed by atoms with E-state index in [1.807, 2.05) is 81.8 Å². The number of aliphatic imine (C=N–C) groups is 1. The van der Waals surface area contributed by atoms with Crippen molar-refractivity contribution in [2.75, 3.05) is 13.7 Å². The van der Waals surface area contributed by atoms with Crippen molar-refractivity contribution in [1.82, 2.24) is 50.3 Å². The van der Waals surface area contributed by atoms with E-state index >= 15 is 0 Å². The van der Waals surface area contributed by atoms with Crippen LogP contribution in [-0.4, -0.2) is 87.4 Å². The van der Waals surface area contributed by atoms with Gasteiger partial charge in [-0.3, -0.25) is 29.7 Å². The Bertz CT molecular complexity index is 3810. The van der Waals surface area contributed by atoms with Crippen molar-refractivity contribution in [1.29, 1.82) is 0 Å². The summed E-state index contributed by atoms with van der Waals surface area (Å²) >= 11 is 0. The molecule has 0 saturated heterocycles. The summed E-state index contributed by atoms with van der Waals surface area (Å²) in [6.45, 7) is 51.8. The number of carboxylic acid groups (broad SMARTS) is 1. The number of nitrogens with zero attached hydrogens (tertiary/aromatic N) is 11. The van der Waals surface area contributed by atoms with Gasteiger partial charge in [0.25, 0.3) is 0 Å². The van der Waals surface area contributed by atoms with Gasteiger partial charge >= 0.3 is 33.0 Å². The van der Waals surface area contributed by atoms with Crippen molar-refractivity contribution < 1.29 is 50.4 Å². The zero-order chi connectivity index (χ0) is 77.2. The molecule has 0 radical (unpaired) electrons. The Morgan fingerprint density at radius 2 is 0.762 bits per heavy atom. The van der Waals surface area contributed by atoms with Crippen molar-refractivity contribution in [2.45, 2.75) is 223 Å². The molecule has 572 valence electrons. The third-order valence-electron chi connectivity index (χ3n) is 15.7. The predicted octanol–water partition coefficient (Wildman–Crippen LogP) is 19.8. The van der Waals surface area contributed by atoms with Gasteiger partial charge in [0.1, 0.15) is 22.8 Å². The van der Waals surface area contributed by atoms with Crippen molar-refractivity contribution in [3.63, 3.8) is 0 Å². The molecule has 18 heteroatoms. The number of hydrogen-bond donors (Lipinski definition) is 2. The van der Waals surface area contributed by atoms with Crippen molar-refractivity contribution >= 4 is 34.8 Å². The van der Waals surface area contributed by atoms with Gasteiger partial charge in [0.15, 0.2) is 5.78 Å². The molecule has 0 bridgehead atoms. The number of carbonyl (C=O) groups excluding carboxylic acids is 2. The molecule has 2 N–H and O–H groups in total. The van der Waals surface area contributed by atoms with Gasteiger partial charge in [-0.25, -0.2) is 19.6 Å². The van der Waals surface area contributed by atoms with E-state index in [0.29, 0.717) is 46.9 Å². The molecule has 0 spiro atoms. The molecular formula is C87H123N11O6Pt. The number of pyridine rings is 6. The van der Waals surface area contributed by atoms with E-state index in [1.54, 1.807) is 36.8 Å². The van der Waals surface area contributed by atoms with Crippen molar-refractivity contribution in [3.8, 4) is 22.8 Å². The number of esters is 1. The molecule has 0 saturated carbocycles. The van der Waals surface area contributed by atoms with Crippen LogP contribution in [0.5, 0.6) is 0 Å². The summed E-state index contributed by atoms with van der Waals surface area (Å²) < 4.78 is 4.56. The molecule has 0 unspecified atom stereocenters. The number of aliphatic hydroxyl groups excluding tert-OH is 1. The van der Waals surface area contributed by atoms with E-state index in [9.17, 15) is 19.5 Å². The second-order valence-corrected chi connectivity index (χ2v) is 33.2. The third-order valence-corrected chi connectivity index (χ3v) is 15.7. The van der Waals surface area contributed by atoms with Crippen LogP contribution in [0.4, 0.5) is 0 Å². The number of carbonyl (C=O) groups is 3. The van der Waals surface area contributed by atoms with E-state index in [2.05, 4.69) is 236 Å². The Labute approximate surface area is 644 Å². The van der Waals surface area contributed by atoms with Gasteiger partial charge in [-0.1, -0.05) is 234 Å². The van der Waals surface area contributed by atoms with Gasteiger partial charge in [-0.15, -0.1) is 0 Å². The number of aromatic nitrogens is 10. The third kappa shape index (κ3) is 34.1. The number of hydrogen-bond acceptors (Lipinski definition) is 14. The Balaban J connectivity index is 0.000000429. The molecular weight excluding hydrogens is 1490 g/mol. The van der Waals surface area contributed by atoms with E-state index in [1.165, 1.54) is 41.2 Å². The topological polar surface area (TPSA) is 245 Å². The fraction of sp³-hybridized carbons (Fsp3) is 0.494. The Hall–Kier alpha value is -8.43. The maximum absolute atomic E-state index is 11.8. The first-order valence-corrected chi connectivity index (χ1v) is 36.3. The van der Waals surface area contributed by atoms with Crippen LogP contribution >= 0.6 is 0 Å². The molecule has 9 rings (SSSR count). The van der Waals surface area contributed by atoms with Gasteiger partial charge in [0.2, 0.25) is 0 Å². The Morgan fingerprint density at radius 3 is 1.01 bits per heavy atom. The number of methoxy groups -OCH3 is 1. The molecule has 8 aromatic heterocycles. The van der Waals surface area contributed by atoms with E-state index in [4.69, 9.17) is 5.11 Å². The van der Waals surface area contributed by atoms with E-state index in [-0.39, 0.29) is 67.9 Å². The van der Waals surface area contributed by atoms with Gasteiger partial charge in [-0.2, -0.15) is 0 Å². The summed E-state index contributed by atoms with van der Waals surface area (Å²) in [5.74, 6) is 2.16. The van der Waals surface area contributed by atoms with Crippen LogP contribution in [-0.2, 0) is 80.0 Å². The summed E-state index contributed by atoms with van der Waals surface area (Å²) in [5, 5.41) is 35.5. The average Bonchev–Trinajstić information content (AvgIpc) is 1.72. The second kappa shape index (κ2) is 43.3. The van der Waals surface area contributed by atoms with Crippen LogP contribution in [0, 0.1) is 46.3 Å². The molecule has 0 aliphatic carbocycles. The van der Waals surface area contributed by atoms with Crippen molar-refractivity contribution in [2.24, 2.45) is 51.3 Å². The zero-order valence-electron chi connectivity index (χ0n) is 66.9. The van der Waals surface area contributed by atoms with Crippen molar-refractivity contribution in [3.05, 3.63) is 202 Å². The predicted molar refractivity (Wildman–Crippen MR) is 427 cm³/mol. The van der Waals surface area contributed by atoms with Crippen LogP contribution in [0.15, 0.2) is 139 Å². The van der Waals surface area contributed by atoms with Gasteiger partial charge < -0.3 is 35.3 Å². The number of allylic oxidation sites excluding steroid dienone is 2. The number of ether oxygens (including phenoxy) is 1. The van der Waals surface area contributed by atoms with Crippen LogP contribution < -0.4 is 10.2 Å². The molecule has 9 heterocycles. The standard InChI is InChI=1S/C17H24N2.2C16H22N3.C16H23NO2.C11H15NO2.C10H13NO2.CH4.Pt/c1-12(2)8-13-6-7-15(18-10-13)14-9-16(19-11-14)17(3,4)5;2*1-11(2)8-12-6-7-13(17-10-12)14-9-15(19-18-14)16(3,4)5;1-11(2)8-12-6-7-13(17-10-12)14(18)9-15(19)16(3,4)5;1-8(2)6-9-4-5-10(12-7-9)11(13)14-3;1-7(2)5-8-3-4-9(10(12)13)11-6-8;;/h6-7,9-10,12H,8,11H2,1-5H3;2*6-7,9-11H,8H2,1-5H3;6-7,9-11,18H,8H2,1-5H3;4-5,7-8H,6H2,1-3H3;3-4,6-7H,5H2,1-2H3,(H,12,13);1H4;/q;2*-1;;;;;+2. The summed E-state index contributed by atoms with van der Waals surface area (Å²) in [6.07, 6.45) is 20.6. The first-order valence-electron chi connectivity index (χ1n) is 36.3.